The number of carboxylic acids is 1. The van der Waals surface area contributed by atoms with Gasteiger partial charge in [-0.1, -0.05) is 53.3 Å². The normalized spacial score (nSPS) is 10.5. The zero-order valence-electron chi connectivity index (χ0n) is 14.6. The highest BCUT2D eigenvalue weighted by molar-refractivity contribution is 7.17. The number of nitrogens with one attached hydrogen (secondary N) is 1. The van der Waals surface area contributed by atoms with Gasteiger partial charge in [-0.25, -0.2) is 4.98 Å². The van der Waals surface area contributed by atoms with Crippen molar-refractivity contribution in [3.63, 3.8) is 0 Å². The van der Waals surface area contributed by atoms with Crippen LogP contribution in [0.25, 0.3) is 11.1 Å². The van der Waals surface area contributed by atoms with Gasteiger partial charge in [0, 0.05) is 0 Å². The molecule has 1 N–H and O–H groups in total. The van der Waals surface area contributed by atoms with Crippen LogP contribution in [0.4, 0.5) is 5.13 Å². The Morgan fingerprint density at radius 2 is 1.69 bits per heavy atom. The molecule has 0 unspecified atom stereocenters. The lowest BCUT2D eigenvalue weighted by Gasteiger charge is -2.08. The molecule has 5 nitrogen and oxygen atoms in total. The monoisotopic (exact) mass is 367 g/mol. The number of aromatic carboxylic acids is 1. The number of carbonyl (C=O) groups is 1. The Labute approximate surface area is 156 Å². The first-order valence-corrected chi connectivity index (χ1v) is 9.07. The Hall–Kier alpha value is -2.86. The van der Waals surface area contributed by atoms with E-state index >= 15 is 0 Å². The highest BCUT2D eigenvalue weighted by atomic mass is 32.1. The summed E-state index contributed by atoms with van der Waals surface area (Å²) in [4.78, 5) is 15.2. The van der Waals surface area contributed by atoms with E-state index in [0.29, 0.717) is 24.0 Å². The van der Waals surface area contributed by atoms with Gasteiger partial charge in [-0.05, 0) is 37.1 Å². The Balaban J connectivity index is 1.50. The van der Waals surface area contributed by atoms with Gasteiger partial charge in [-0.15, -0.1) is 0 Å². The first-order valence-electron chi connectivity index (χ1n) is 8.25. The smallest absolute Gasteiger partial charge is 0.183 e. The second-order valence-corrected chi connectivity index (χ2v) is 6.89. The van der Waals surface area contributed by atoms with Crippen molar-refractivity contribution in [3.05, 3.63) is 64.7 Å². The predicted octanol–water partition coefficient (Wildman–Crippen LogP) is 3.28. The molecule has 0 aliphatic heterocycles. The summed E-state index contributed by atoms with van der Waals surface area (Å²) in [6, 6.07) is 16.3. The lowest BCUT2D eigenvalue weighted by Crippen LogP contribution is -2.21. The van der Waals surface area contributed by atoms with Gasteiger partial charge < -0.3 is 20.0 Å². The van der Waals surface area contributed by atoms with Gasteiger partial charge in [0.2, 0.25) is 0 Å². The van der Waals surface area contributed by atoms with Crippen molar-refractivity contribution in [2.45, 2.75) is 13.8 Å². The van der Waals surface area contributed by atoms with Gasteiger partial charge in [0.05, 0.1) is 23.1 Å². The number of thiazole rings is 1. The molecule has 0 radical (unpaired) electrons. The number of aryl methyl sites for hydroxylation is 2. The highest BCUT2D eigenvalue weighted by Crippen LogP contribution is 2.23. The van der Waals surface area contributed by atoms with E-state index < -0.39 is 5.97 Å². The van der Waals surface area contributed by atoms with E-state index in [1.807, 2.05) is 24.3 Å². The van der Waals surface area contributed by atoms with E-state index in [0.717, 1.165) is 22.6 Å². The molecule has 0 saturated heterocycles. The molecular formula is C20H19N2O3S-. The Morgan fingerprint density at radius 1 is 1.08 bits per heavy atom. The SMILES string of the molecule is Cc1ccc(-c2ccc(OCCNc3nc(C)c(C(=O)[O-])s3)cc2)cc1. The fourth-order valence-electron chi connectivity index (χ4n) is 2.48. The highest BCUT2D eigenvalue weighted by Gasteiger charge is 2.07. The number of benzene rings is 2. The largest absolute Gasteiger partial charge is 0.544 e. The van der Waals surface area contributed by atoms with Crippen LogP contribution in [0.2, 0.25) is 0 Å². The maximum atomic E-state index is 10.9. The third-order valence-corrected chi connectivity index (χ3v) is 4.96. The second kappa shape index (κ2) is 8.01. The van der Waals surface area contributed by atoms with Crippen molar-refractivity contribution in [3.8, 4) is 16.9 Å². The van der Waals surface area contributed by atoms with E-state index in [1.54, 1.807) is 6.92 Å². The summed E-state index contributed by atoms with van der Waals surface area (Å²) in [7, 11) is 0. The maximum Gasteiger partial charge on any atom is 0.183 e. The molecule has 134 valence electrons. The number of rotatable bonds is 7. The lowest BCUT2D eigenvalue weighted by molar-refractivity contribution is -0.254. The predicted molar refractivity (Wildman–Crippen MR) is 102 cm³/mol. The third-order valence-electron chi connectivity index (χ3n) is 3.87. The fourth-order valence-corrected chi connectivity index (χ4v) is 3.30. The molecule has 0 spiro atoms. The summed E-state index contributed by atoms with van der Waals surface area (Å²) >= 11 is 1.07. The van der Waals surface area contributed by atoms with Gasteiger partial charge >= 0.3 is 0 Å². The Bertz CT molecular complexity index is 886. The molecule has 1 heterocycles. The number of carbonyl (C=O) groups excluding carboxylic acids is 1. The number of hydrogen-bond acceptors (Lipinski definition) is 6. The minimum atomic E-state index is -1.20. The number of nitrogens with zero attached hydrogens (tertiary/aromatic N) is 1. The molecule has 0 aliphatic carbocycles. The van der Waals surface area contributed by atoms with Gasteiger partial charge in [-0.3, -0.25) is 0 Å². The van der Waals surface area contributed by atoms with Crippen molar-refractivity contribution < 1.29 is 14.6 Å². The quantitative estimate of drug-likeness (QED) is 0.649. The van der Waals surface area contributed by atoms with Crippen LogP contribution in [-0.4, -0.2) is 24.1 Å². The molecule has 26 heavy (non-hydrogen) atoms. The fraction of sp³-hybridized carbons (Fsp3) is 0.200. The van der Waals surface area contributed by atoms with E-state index in [9.17, 15) is 9.90 Å². The standard InChI is InChI=1S/C20H20N2O3S/c1-13-3-5-15(6-4-13)16-7-9-17(10-8-16)25-12-11-21-20-22-14(2)18(26-20)19(23)24/h3-10H,11-12H2,1-2H3,(H,21,22)(H,23,24)/p-1. The van der Waals surface area contributed by atoms with Crippen molar-refractivity contribution in [2.24, 2.45) is 0 Å². The van der Waals surface area contributed by atoms with Crippen molar-refractivity contribution in [1.82, 2.24) is 4.98 Å². The number of hydrogen-bond donors (Lipinski definition) is 1. The average molecular weight is 367 g/mol. The van der Waals surface area contributed by atoms with Crippen LogP contribution < -0.4 is 15.2 Å². The first kappa shape index (κ1) is 17.9. The van der Waals surface area contributed by atoms with Crippen LogP contribution in [-0.2, 0) is 0 Å². The summed E-state index contributed by atoms with van der Waals surface area (Å²) in [5, 5.41) is 14.5. The summed E-state index contributed by atoms with van der Waals surface area (Å²) < 4.78 is 5.71. The van der Waals surface area contributed by atoms with E-state index in [1.165, 1.54) is 11.1 Å². The topological polar surface area (TPSA) is 74.3 Å². The van der Waals surface area contributed by atoms with Crippen LogP contribution in [0.5, 0.6) is 5.75 Å². The van der Waals surface area contributed by atoms with E-state index in [4.69, 9.17) is 4.74 Å². The van der Waals surface area contributed by atoms with Crippen LogP contribution in [0, 0.1) is 13.8 Å². The van der Waals surface area contributed by atoms with Gasteiger partial charge in [0.25, 0.3) is 0 Å². The third kappa shape index (κ3) is 4.40. The lowest BCUT2D eigenvalue weighted by atomic mass is 10.0. The van der Waals surface area contributed by atoms with E-state index in [-0.39, 0.29) is 4.88 Å². The zero-order chi connectivity index (χ0) is 18.5. The van der Waals surface area contributed by atoms with Crippen LogP contribution in [0.1, 0.15) is 20.9 Å². The van der Waals surface area contributed by atoms with Gasteiger partial charge in [0.1, 0.15) is 12.4 Å². The van der Waals surface area contributed by atoms with Crippen molar-refractivity contribution in [2.75, 3.05) is 18.5 Å². The maximum absolute atomic E-state index is 10.9. The molecule has 6 heteroatoms. The summed E-state index contributed by atoms with van der Waals surface area (Å²) in [6.45, 7) is 4.70. The zero-order valence-corrected chi connectivity index (χ0v) is 15.4. The molecule has 3 aromatic rings. The van der Waals surface area contributed by atoms with Crippen LogP contribution >= 0.6 is 11.3 Å². The summed E-state index contributed by atoms with van der Waals surface area (Å²) in [5.74, 6) is -0.411. The van der Waals surface area contributed by atoms with Crippen LogP contribution in [0.3, 0.4) is 0 Å². The average Bonchev–Trinajstić information content (AvgIpc) is 3.01. The first-order chi connectivity index (χ1) is 12.5. The minimum absolute atomic E-state index is 0.153. The molecule has 3 rings (SSSR count). The molecule has 0 fully saturated rings. The molecule has 0 saturated carbocycles. The molecule has 0 atom stereocenters. The van der Waals surface area contributed by atoms with Crippen molar-refractivity contribution in [1.29, 1.82) is 0 Å². The molecule has 0 bridgehead atoms. The number of carboxylic acid groups (broad SMARTS) is 1. The molecule has 0 amide bonds. The number of anilines is 1. The van der Waals surface area contributed by atoms with Crippen molar-refractivity contribution >= 4 is 22.4 Å². The number of ether oxygens (including phenoxy) is 1. The van der Waals surface area contributed by atoms with Crippen LogP contribution in [0.15, 0.2) is 48.5 Å². The molecule has 0 aliphatic rings. The van der Waals surface area contributed by atoms with Gasteiger partial charge in [0.15, 0.2) is 5.13 Å². The van der Waals surface area contributed by atoms with E-state index in [2.05, 4.69) is 41.5 Å². The summed E-state index contributed by atoms with van der Waals surface area (Å²) in [5.41, 5.74) is 4.02. The molecule has 2 aromatic carbocycles. The molecular weight excluding hydrogens is 348 g/mol. The summed E-state index contributed by atoms with van der Waals surface area (Å²) in [6.07, 6.45) is 0. The second-order valence-electron chi connectivity index (χ2n) is 5.89. The Morgan fingerprint density at radius 3 is 2.27 bits per heavy atom. The molecule has 1 aromatic heterocycles. The van der Waals surface area contributed by atoms with Gasteiger partial charge in [-0.2, -0.15) is 0 Å². The minimum Gasteiger partial charge on any atom is -0.544 e. The number of aromatic nitrogens is 1. The Kier molecular flexibility index (Phi) is 5.53.